The number of nitrogens with one attached hydrogen (secondary N) is 2. The topological polar surface area (TPSA) is 67.4 Å². The SMILES string of the molecule is C=C1NC(=O)N[C@@H](c2ccccc2OC)[C@H]1C(=O)c1ccccc1. The van der Waals surface area contributed by atoms with Gasteiger partial charge in [-0.05, 0) is 6.07 Å². The molecule has 0 saturated carbocycles. The van der Waals surface area contributed by atoms with Gasteiger partial charge in [-0.25, -0.2) is 4.79 Å². The summed E-state index contributed by atoms with van der Waals surface area (Å²) in [4.78, 5) is 24.9. The number of urea groups is 1. The van der Waals surface area contributed by atoms with E-state index in [2.05, 4.69) is 17.2 Å². The summed E-state index contributed by atoms with van der Waals surface area (Å²) in [6.45, 7) is 3.89. The molecule has 24 heavy (non-hydrogen) atoms. The first-order valence-corrected chi connectivity index (χ1v) is 7.60. The number of rotatable bonds is 4. The summed E-state index contributed by atoms with van der Waals surface area (Å²) >= 11 is 0. The van der Waals surface area contributed by atoms with Crippen LogP contribution in [0.1, 0.15) is 22.0 Å². The number of hydrogen-bond donors (Lipinski definition) is 2. The number of hydrogen-bond acceptors (Lipinski definition) is 3. The van der Waals surface area contributed by atoms with E-state index in [0.717, 1.165) is 5.56 Å². The van der Waals surface area contributed by atoms with E-state index < -0.39 is 12.0 Å². The van der Waals surface area contributed by atoms with E-state index in [9.17, 15) is 9.59 Å². The normalized spacial score (nSPS) is 20.0. The van der Waals surface area contributed by atoms with Gasteiger partial charge in [0, 0.05) is 16.8 Å². The van der Waals surface area contributed by atoms with Crippen molar-refractivity contribution in [3.8, 4) is 5.75 Å². The zero-order valence-electron chi connectivity index (χ0n) is 13.3. The predicted octanol–water partition coefficient (Wildman–Crippen LogP) is 3.06. The van der Waals surface area contributed by atoms with E-state index in [-0.39, 0.29) is 11.8 Å². The Morgan fingerprint density at radius 3 is 2.46 bits per heavy atom. The predicted molar refractivity (Wildman–Crippen MR) is 90.8 cm³/mol. The lowest BCUT2D eigenvalue weighted by molar-refractivity contribution is 0.0904. The minimum atomic E-state index is -0.624. The summed E-state index contributed by atoms with van der Waals surface area (Å²) in [5.74, 6) is -0.117. The number of ether oxygens (including phenoxy) is 1. The van der Waals surface area contributed by atoms with Crippen molar-refractivity contribution < 1.29 is 14.3 Å². The van der Waals surface area contributed by atoms with E-state index in [1.165, 1.54) is 0 Å². The Balaban J connectivity index is 2.05. The van der Waals surface area contributed by atoms with Crippen LogP contribution in [0.25, 0.3) is 0 Å². The average molecular weight is 322 g/mol. The van der Waals surface area contributed by atoms with E-state index in [1.54, 1.807) is 25.3 Å². The molecule has 0 aliphatic carbocycles. The second-order valence-electron chi connectivity index (χ2n) is 5.55. The molecule has 5 heteroatoms. The van der Waals surface area contributed by atoms with Gasteiger partial charge in [0.1, 0.15) is 5.75 Å². The largest absolute Gasteiger partial charge is 0.496 e. The molecule has 0 aromatic heterocycles. The highest BCUT2D eigenvalue weighted by atomic mass is 16.5. The van der Waals surface area contributed by atoms with E-state index in [1.807, 2.05) is 36.4 Å². The van der Waals surface area contributed by atoms with Gasteiger partial charge >= 0.3 is 6.03 Å². The maximum atomic E-state index is 13.0. The summed E-state index contributed by atoms with van der Waals surface area (Å²) in [6.07, 6.45) is 0. The first-order chi connectivity index (χ1) is 11.6. The monoisotopic (exact) mass is 322 g/mol. The van der Waals surface area contributed by atoms with Crippen molar-refractivity contribution >= 4 is 11.8 Å². The highest BCUT2D eigenvalue weighted by Crippen LogP contribution is 2.36. The zero-order chi connectivity index (χ0) is 17.1. The molecule has 1 heterocycles. The van der Waals surface area contributed by atoms with Gasteiger partial charge in [0.15, 0.2) is 5.78 Å². The van der Waals surface area contributed by atoms with Crippen LogP contribution in [0.15, 0.2) is 66.9 Å². The lowest BCUT2D eigenvalue weighted by Crippen LogP contribution is -2.50. The Hall–Kier alpha value is -3.08. The van der Waals surface area contributed by atoms with E-state index in [0.29, 0.717) is 17.0 Å². The molecular weight excluding hydrogens is 304 g/mol. The maximum Gasteiger partial charge on any atom is 0.319 e. The van der Waals surface area contributed by atoms with Crippen molar-refractivity contribution in [1.82, 2.24) is 10.6 Å². The molecule has 0 radical (unpaired) electrons. The molecule has 2 aromatic carbocycles. The number of carbonyl (C=O) groups excluding carboxylic acids is 2. The summed E-state index contributed by atoms with van der Waals surface area (Å²) < 4.78 is 5.39. The number of para-hydroxylation sites is 1. The molecule has 122 valence electrons. The first-order valence-electron chi connectivity index (χ1n) is 7.60. The third kappa shape index (κ3) is 2.88. The highest BCUT2D eigenvalue weighted by molar-refractivity contribution is 6.01. The minimum absolute atomic E-state index is 0.107. The molecule has 1 saturated heterocycles. The van der Waals surface area contributed by atoms with Crippen LogP contribution in [-0.4, -0.2) is 18.9 Å². The highest BCUT2D eigenvalue weighted by Gasteiger charge is 2.39. The van der Waals surface area contributed by atoms with E-state index in [4.69, 9.17) is 4.74 Å². The van der Waals surface area contributed by atoms with Crippen LogP contribution in [0, 0.1) is 5.92 Å². The van der Waals surface area contributed by atoms with Crippen LogP contribution in [0.2, 0.25) is 0 Å². The molecule has 0 unspecified atom stereocenters. The Labute approximate surface area is 140 Å². The van der Waals surface area contributed by atoms with E-state index >= 15 is 0 Å². The van der Waals surface area contributed by atoms with Crippen molar-refractivity contribution in [2.24, 2.45) is 5.92 Å². The maximum absolute atomic E-state index is 13.0. The van der Waals surface area contributed by atoms with Gasteiger partial charge in [-0.2, -0.15) is 0 Å². The van der Waals surface area contributed by atoms with Gasteiger partial charge in [-0.15, -0.1) is 0 Å². The second-order valence-corrected chi connectivity index (χ2v) is 5.55. The lowest BCUT2D eigenvalue weighted by Gasteiger charge is -2.34. The average Bonchev–Trinajstić information content (AvgIpc) is 2.61. The number of carbonyl (C=O) groups is 2. The number of amides is 2. The third-order valence-electron chi connectivity index (χ3n) is 4.08. The van der Waals surface area contributed by atoms with Gasteiger partial charge in [-0.3, -0.25) is 4.79 Å². The number of benzene rings is 2. The van der Waals surface area contributed by atoms with Crippen LogP contribution < -0.4 is 15.4 Å². The molecule has 2 amide bonds. The van der Waals surface area contributed by atoms with Crippen LogP contribution in [0.4, 0.5) is 4.79 Å². The molecule has 0 bridgehead atoms. The van der Waals surface area contributed by atoms with Crippen molar-refractivity contribution in [3.63, 3.8) is 0 Å². The number of methoxy groups -OCH3 is 1. The van der Waals surface area contributed by atoms with Crippen molar-refractivity contribution in [2.75, 3.05) is 7.11 Å². The van der Waals surface area contributed by atoms with Crippen LogP contribution in [0.5, 0.6) is 5.75 Å². The number of Topliss-reactive ketones (excluding diaryl/α,β-unsaturated/α-hetero) is 1. The van der Waals surface area contributed by atoms with Gasteiger partial charge in [0.25, 0.3) is 0 Å². The standard InChI is InChI=1S/C19H18N2O3/c1-12-16(18(22)13-8-4-3-5-9-13)17(21-19(23)20-12)14-10-6-7-11-15(14)24-2/h3-11,16-17H,1H2,2H3,(H2,20,21,23)/t16-,17-/m0/s1. The van der Waals surface area contributed by atoms with Crippen molar-refractivity contribution in [1.29, 1.82) is 0 Å². The molecule has 2 N–H and O–H groups in total. The van der Waals surface area contributed by atoms with Crippen LogP contribution in [-0.2, 0) is 0 Å². The summed E-state index contributed by atoms with van der Waals surface area (Å²) in [5.41, 5.74) is 1.69. The molecule has 2 aromatic rings. The second kappa shape index (κ2) is 6.58. The Morgan fingerprint density at radius 1 is 1.08 bits per heavy atom. The molecule has 2 atom stereocenters. The minimum Gasteiger partial charge on any atom is -0.496 e. The quantitative estimate of drug-likeness (QED) is 0.850. The Bertz CT molecular complexity index is 786. The molecule has 1 aliphatic rings. The molecule has 1 fully saturated rings. The van der Waals surface area contributed by atoms with Gasteiger partial charge in [0.05, 0.1) is 19.1 Å². The third-order valence-corrected chi connectivity index (χ3v) is 4.08. The molecule has 1 aliphatic heterocycles. The van der Waals surface area contributed by atoms with Gasteiger partial charge < -0.3 is 15.4 Å². The fourth-order valence-electron chi connectivity index (χ4n) is 2.96. The molecular formula is C19H18N2O3. The lowest BCUT2D eigenvalue weighted by atomic mass is 9.83. The van der Waals surface area contributed by atoms with Crippen LogP contribution in [0.3, 0.4) is 0 Å². The summed E-state index contributed by atoms with van der Waals surface area (Å²) in [7, 11) is 1.56. The van der Waals surface area contributed by atoms with Crippen molar-refractivity contribution in [3.05, 3.63) is 78.0 Å². The Kier molecular flexibility index (Phi) is 4.33. The van der Waals surface area contributed by atoms with Gasteiger partial charge in [0.2, 0.25) is 0 Å². The summed E-state index contributed by atoms with van der Waals surface area (Å²) in [5, 5.41) is 5.44. The fourth-order valence-corrected chi connectivity index (χ4v) is 2.96. The van der Waals surface area contributed by atoms with Crippen molar-refractivity contribution in [2.45, 2.75) is 6.04 Å². The van der Waals surface area contributed by atoms with Gasteiger partial charge in [-0.1, -0.05) is 55.1 Å². The first kappa shape index (κ1) is 15.8. The Morgan fingerprint density at radius 2 is 1.75 bits per heavy atom. The zero-order valence-corrected chi connectivity index (χ0v) is 13.3. The molecule has 3 rings (SSSR count). The molecule has 5 nitrogen and oxygen atoms in total. The van der Waals surface area contributed by atoms with Crippen LogP contribution >= 0.6 is 0 Å². The molecule has 0 spiro atoms. The summed E-state index contributed by atoms with van der Waals surface area (Å²) in [6, 6.07) is 15.4. The fraction of sp³-hybridized carbons (Fsp3) is 0.158. The smallest absolute Gasteiger partial charge is 0.319 e. The number of ketones is 1.